The summed E-state index contributed by atoms with van der Waals surface area (Å²) in [5, 5.41) is 3.20. The fourth-order valence-electron chi connectivity index (χ4n) is 2.73. The van der Waals surface area contributed by atoms with E-state index >= 15 is 0 Å². The molecule has 2 aromatic heterocycles. The van der Waals surface area contributed by atoms with Crippen LogP contribution in [0.1, 0.15) is 41.4 Å². The van der Waals surface area contributed by atoms with Crippen LogP contribution in [0.25, 0.3) is 0 Å². The summed E-state index contributed by atoms with van der Waals surface area (Å²) in [5.74, 6) is -0.0530. The van der Waals surface area contributed by atoms with Crippen molar-refractivity contribution in [2.75, 3.05) is 6.54 Å². The summed E-state index contributed by atoms with van der Waals surface area (Å²) in [6, 6.07) is 7.43. The van der Waals surface area contributed by atoms with Crippen LogP contribution in [0.15, 0.2) is 47.3 Å². The maximum absolute atomic E-state index is 12.1. The lowest BCUT2D eigenvalue weighted by Crippen LogP contribution is -2.46. The van der Waals surface area contributed by atoms with Crippen molar-refractivity contribution >= 4 is 23.2 Å². The molecule has 5 nitrogen and oxygen atoms in total. The first-order valence-electron chi connectivity index (χ1n) is 7.31. The van der Waals surface area contributed by atoms with Gasteiger partial charge in [0.15, 0.2) is 10.9 Å². The molecule has 0 bridgehead atoms. The predicted octanol–water partition coefficient (Wildman–Crippen LogP) is 2.92. The number of hydrogen-bond donors (Lipinski definition) is 1. The number of pyridine rings is 1. The highest BCUT2D eigenvalue weighted by Gasteiger charge is 2.27. The third-order valence-corrected chi connectivity index (χ3v) is 4.13. The molecule has 0 radical (unpaired) electrons. The first-order chi connectivity index (χ1) is 10.8. The SMILES string of the molecule is O=C(NC(=S)N1CCCCC1c1cccnc1)c1ccco1. The summed E-state index contributed by atoms with van der Waals surface area (Å²) in [6.45, 7) is 0.830. The van der Waals surface area contributed by atoms with Gasteiger partial charge in [0.2, 0.25) is 0 Å². The van der Waals surface area contributed by atoms with Crippen LogP contribution in [0.4, 0.5) is 0 Å². The summed E-state index contributed by atoms with van der Waals surface area (Å²) in [5.41, 5.74) is 1.12. The Balaban J connectivity index is 1.73. The number of amides is 1. The van der Waals surface area contributed by atoms with E-state index in [-0.39, 0.29) is 17.7 Å². The minimum atomic E-state index is -0.314. The van der Waals surface area contributed by atoms with Gasteiger partial charge >= 0.3 is 0 Å². The van der Waals surface area contributed by atoms with Crippen LogP contribution in [0, 0.1) is 0 Å². The van der Waals surface area contributed by atoms with Crippen LogP contribution in [-0.2, 0) is 0 Å². The molecule has 2 aromatic rings. The van der Waals surface area contributed by atoms with E-state index in [0.29, 0.717) is 5.11 Å². The van der Waals surface area contributed by atoms with Crippen LogP contribution in [0.2, 0.25) is 0 Å². The summed E-state index contributed by atoms with van der Waals surface area (Å²) >= 11 is 5.43. The third-order valence-electron chi connectivity index (χ3n) is 3.80. The van der Waals surface area contributed by atoms with Gasteiger partial charge in [0.1, 0.15) is 0 Å². The number of aromatic nitrogens is 1. The number of nitrogens with zero attached hydrogens (tertiary/aromatic N) is 2. The first kappa shape index (κ1) is 14.7. The Morgan fingerprint density at radius 2 is 2.27 bits per heavy atom. The molecule has 1 N–H and O–H groups in total. The van der Waals surface area contributed by atoms with Gasteiger partial charge in [-0.1, -0.05) is 6.07 Å². The molecule has 0 saturated carbocycles. The average molecular weight is 315 g/mol. The largest absolute Gasteiger partial charge is 0.459 e. The molecular formula is C16H17N3O2S. The lowest BCUT2D eigenvalue weighted by molar-refractivity contribution is 0.0942. The van der Waals surface area contributed by atoms with Crippen LogP contribution in [-0.4, -0.2) is 27.4 Å². The third kappa shape index (κ3) is 3.17. The number of hydrogen-bond acceptors (Lipinski definition) is 4. The number of thiocarbonyl (C=S) groups is 1. The molecule has 1 aliphatic rings. The maximum Gasteiger partial charge on any atom is 0.293 e. The van der Waals surface area contributed by atoms with Gasteiger partial charge in [-0.15, -0.1) is 0 Å². The minimum absolute atomic E-state index is 0.159. The molecule has 6 heteroatoms. The smallest absolute Gasteiger partial charge is 0.293 e. The van der Waals surface area contributed by atoms with Crippen LogP contribution in [0.3, 0.4) is 0 Å². The van der Waals surface area contributed by atoms with E-state index in [4.69, 9.17) is 16.6 Å². The van der Waals surface area contributed by atoms with Crippen LogP contribution < -0.4 is 5.32 Å². The highest BCUT2D eigenvalue weighted by atomic mass is 32.1. The van der Waals surface area contributed by atoms with Crippen LogP contribution in [0.5, 0.6) is 0 Å². The fraction of sp³-hybridized carbons (Fsp3) is 0.312. The number of nitrogens with one attached hydrogen (secondary N) is 1. The van der Waals surface area contributed by atoms with Gasteiger partial charge in [0.05, 0.1) is 12.3 Å². The molecule has 1 aliphatic heterocycles. The topological polar surface area (TPSA) is 58.4 Å². The highest BCUT2D eigenvalue weighted by molar-refractivity contribution is 7.80. The summed E-state index contributed by atoms with van der Waals surface area (Å²) in [4.78, 5) is 18.3. The zero-order chi connectivity index (χ0) is 15.4. The Hall–Kier alpha value is -2.21. The van der Waals surface area contributed by atoms with Crippen molar-refractivity contribution in [2.24, 2.45) is 0 Å². The number of furan rings is 1. The van der Waals surface area contributed by atoms with Crippen LogP contribution >= 0.6 is 12.2 Å². The van der Waals surface area contributed by atoms with Crippen molar-refractivity contribution in [1.29, 1.82) is 0 Å². The molecular weight excluding hydrogens is 298 g/mol. The van der Waals surface area contributed by atoms with E-state index in [1.54, 1.807) is 18.3 Å². The molecule has 3 rings (SSSR count). The molecule has 114 valence electrons. The first-order valence-corrected chi connectivity index (χ1v) is 7.72. The zero-order valence-corrected chi connectivity index (χ0v) is 12.9. The summed E-state index contributed by atoms with van der Waals surface area (Å²) in [7, 11) is 0. The summed E-state index contributed by atoms with van der Waals surface area (Å²) in [6.07, 6.45) is 8.30. The Morgan fingerprint density at radius 1 is 1.36 bits per heavy atom. The number of rotatable bonds is 2. The second-order valence-electron chi connectivity index (χ2n) is 5.23. The van der Waals surface area contributed by atoms with Gasteiger partial charge in [-0.25, -0.2) is 0 Å². The molecule has 0 aromatic carbocycles. The van der Waals surface area contributed by atoms with Crippen molar-refractivity contribution in [2.45, 2.75) is 25.3 Å². The normalized spacial score (nSPS) is 18.0. The molecule has 1 fully saturated rings. The summed E-state index contributed by atoms with van der Waals surface area (Å²) < 4.78 is 5.09. The Labute approximate surface area is 134 Å². The van der Waals surface area contributed by atoms with E-state index in [2.05, 4.69) is 15.2 Å². The molecule has 0 spiro atoms. The van der Waals surface area contributed by atoms with Crippen molar-refractivity contribution in [3.63, 3.8) is 0 Å². The van der Waals surface area contributed by atoms with Crippen molar-refractivity contribution in [3.05, 3.63) is 54.2 Å². The quantitative estimate of drug-likeness (QED) is 0.864. The Bertz CT molecular complexity index is 643. The second kappa shape index (κ2) is 6.70. The van der Waals surface area contributed by atoms with E-state index in [1.165, 1.54) is 6.26 Å². The van der Waals surface area contributed by atoms with Gasteiger partial charge in [0.25, 0.3) is 5.91 Å². The molecule has 1 atom stereocenters. The minimum Gasteiger partial charge on any atom is -0.459 e. The average Bonchev–Trinajstić information content (AvgIpc) is 3.10. The molecule has 1 unspecified atom stereocenters. The number of carbonyl (C=O) groups excluding carboxylic acids is 1. The van der Waals surface area contributed by atoms with Gasteiger partial charge < -0.3 is 9.32 Å². The molecule has 1 saturated heterocycles. The molecule has 3 heterocycles. The molecule has 22 heavy (non-hydrogen) atoms. The Morgan fingerprint density at radius 3 is 3.00 bits per heavy atom. The zero-order valence-electron chi connectivity index (χ0n) is 12.1. The lowest BCUT2D eigenvalue weighted by Gasteiger charge is -2.37. The van der Waals surface area contributed by atoms with Gasteiger partial charge in [-0.3, -0.25) is 15.1 Å². The number of likely N-dealkylation sites (tertiary alicyclic amines) is 1. The molecule has 1 amide bonds. The van der Waals surface area contributed by atoms with Gasteiger partial charge in [-0.2, -0.15) is 0 Å². The lowest BCUT2D eigenvalue weighted by atomic mass is 9.97. The van der Waals surface area contributed by atoms with Crippen molar-refractivity contribution in [3.8, 4) is 0 Å². The van der Waals surface area contributed by atoms with E-state index < -0.39 is 0 Å². The highest BCUT2D eigenvalue weighted by Crippen LogP contribution is 2.30. The van der Waals surface area contributed by atoms with Crippen molar-refractivity contribution < 1.29 is 9.21 Å². The predicted molar refractivity (Wildman–Crippen MR) is 86.3 cm³/mol. The van der Waals surface area contributed by atoms with E-state index in [1.807, 2.05) is 18.3 Å². The fourth-order valence-corrected chi connectivity index (χ4v) is 3.04. The van der Waals surface area contributed by atoms with Gasteiger partial charge in [-0.05, 0) is 55.2 Å². The van der Waals surface area contributed by atoms with Crippen molar-refractivity contribution in [1.82, 2.24) is 15.2 Å². The number of piperidine rings is 1. The maximum atomic E-state index is 12.1. The standard InChI is InChI=1S/C16H17N3O2S/c20-15(14-7-4-10-21-14)18-16(22)19-9-2-1-6-13(19)12-5-3-8-17-11-12/h3-5,7-8,10-11,13H,1-2,6,9H2,(H,18,20,22). The van der Waals surface area contributed by atoms with Gasteiger partial charge in [0, 0.05) is 18.9 Å². The second-order valence-corrected chi connectivity index (χ2v) is 5.61. The van der Waals surface area contributed by atoms with E-state index in [9.17, 15) is 4.79 Å². The monoisotopic (exact) mass is 315 g/mol. The molecule has 0 aliphatic carbocycles. The van der Waals surface area contributed by atoms with E-state index in [0.717, 1.165) is 31.4 Å². The number of carbonyl (C=O) groups is 1. The Kier molecular flexibility index (Phi) is 4.48.